The van der Waals surface area contributed by atoms with Crippen LogP contribution in [0.15, 0.2) is 182 Å². The molecule has 0 heterocycles. The van der Waals surface area contributed by atoms with E-state index in [1.165, 1.54) is 15.6 Å². The van der Waals surface area contributed by atoms with Crippen LogP contribution >= 0.6 is 0 Å². The fraction of sp³-hybridized carbons (Fsp3) is 0.390. The molecule has 6 rings (SSSR count). The number of benzene rings is 6. The zero-order valence-corrected chi connectivity index (χ0v) is 55.7. The van der Waals surface area contributed by atoms with Crippen molar-refractivity contribution in [3.8, 4) is 0 Å². The lowest BCUT2D eigenvalue weighted by Gasteiger charge is -2.47. The highest BCUT2D eigenvalue weighted by Crippen LogP contribution is 2.34. The van der Waals surface area contributed by atoms with Gasteiger partial charge >= 0.3 is 17.1 Å². The number of ether oxygens (including phenoxy) is 4. The van der Waals surface area contributed by atoms with Crippen molar-refractivity contribution in [2.24, 2.45) is 0 Å². The summed E-state index contributed by atoms with van der Waals surface area (Å²) in [5.41, 5.74) is -0.952. The third-order valence-corrected chi connectivity index (χ3v) is 32.8. The Morgan fingerprint density at radius 2 is 0.733 bits per heavy atom. The summed E-state index contributed by atoms with van der Waals surface area (Å²) in [6.45, 7) is 22.1. The predicted molar refractivity (Wildman–Crippen MR) is 330 cm³/mol. The third-order valence-electron chi connectivity index (χ3n) is 12.9. The van der Waals surface area contributed by atoms with Gasteiger partial charge in [0.25, 0.3) is 18.3 Å². The Bertz CT molecular complexity index is 2260. The van der Waals surface area contributed by atoms with Crippen LogP contribution in [0.3, 0.4) is 0 Å². The molecular weight excluding hydrogens is 1050 g/mol. The van der Waals surface area contributed by atoms with Crippen molar-refractivity contribution < 1.29 is 39.5 Å². The van der Waals surface area contributed by atoms with E-state index in [0.717, 1.165) is 66.9 Å². The minimum Gasteiger partial charge on any atom is -0.449 e. The van der Waals surface area contributed by atoms with Crippen LogP contribution < -0.4 is 31.1 Å². The van der Waals surface area contributed by atoms with Gasteiger partial charge in [-0.15, -0.1) is 0 Å². The molecule has 0 amide bonds. The number of hydrogen-bond donors (Lipinski definition) is 0. The molecular formula is C59H88O9Si7. The normalized spacial score (nSPS) is 13.6. The first-order valence-corrected chi connectivity index (χ1v) is 40.1. The van der Waals surface area contributed by atoms with E-state index in [-0.39, 0.29) is 0 Å². The first-order chi connectivity index (χ1) is 36.3. The second-order valence-corrected chi connectivity index (χ2v) is 40.1. The quantitative estimate of drug-likeness (QED) is 0.0178. The number of rotatable bonds is 33. The molecule has 0 radical (unpaired) electrons. The molecule has 0 saturated heterocycles. The molecule has 16 heteroatoms. The Kier molecular flexibility index (Phi) is 26.4. The summed E-state index contributed by atoms with van der Waals surface area (Å²) in [6.07, 6.45) is 8.18. The van der Waals surface area contributed by atoms with E-state index in [1.54, 1.807) is 0 Å². The fourth-order valence-electron chi connectivity index (χ4n) is 9.01. The summed E-state index contributed by atoms with van der Waals surface area (Å²) in [5.74, 6) is -0.968. The zero-order chi connectivity index (χ0) is 53.9. The van der Waals surface area contributed by atoms with Crippen LogP contribution in [0.25, 0.3) is 0 Å². The second-order valence-electron chi connectivity index (χ2n) is 20.1. The van der Waals surface area contributed by atoms with Crippen LogP contribution in [0, 0.1) is 0 Å². The van der Waals surface area contributed by atoms with Gasteiger partial charge in [-0.05, 0) is 89.9 Å². The van der Waals surface area contributed by atoms with Crippen molar-refractivity contribution in [2.45, 2.75) is 123 Å². The van der Waals surface area contributed by atoms with Crippen LogP contribution in [0.5, 0.6) is 0 Å². The van der Waals surface area contributed by atoms with Gasteiger partial charge in [-0.1, -0.05) is 235 Å². The highest BCUT2D eigenvalue weighted by atomic mass is 28.5. The van der Waals surface area contributed by atoms with Gasteiger partial charge in [0.2, 0.25) is 21.0 Å². The molecule has 9 nitrogen and oxygen atoms in total. The first-order valence-electron chi connectivity index (χ1n) is 27.4. The summed E-state index contributed by atoms with van der Waals surface area (Å²) in [6, 6.07) is 64.2. The summed E-state index contributed by atoms with van der Waals surface area (Å²) in [5, 5.41) is 6.71. The van der Waals surface area contributed by atoms with E-state index in [2.05, 4.69) is 236 Å². The van der Waals surface area contributed by atoms with Crippen LogP contribution in [-0.2, 0) is 39.5 Å². The average Bonchev–Trinajstić information content (AvgIpc) is 3.43. The largest absolute Gasteiger partial charge is 0.449 e. The minimum atomic E-state index is -3.63. The molecule has 0 N–H and O–H groups in total. The van der Waals surface area contributed by atoms with Gasteiger partial charge < -0.3 is 39.5 Å². The molecule has 0 saturated carbocycles. The zero-order valence-electron chi connectivity index (χ0n) is 46.9. The molecule has 0 fully saturated rings. The van der Waals surface area contributed by atoms with Gasteiger partial charge in [-0.3, -0.25) is 0 Å². The highest BCUT2D eigenvalue weighted by molar-refractivity contribution is 7.14. The van der Waals surface area contributed by atoms with Crippen LogP contribution in [0.2, 0.25) is 26.2 Å². The van der Waals surface area contributed by atoms with Crippen LogP contribution in [-0.4, -0.2) is 102 Å². The molecule has 0 aliphatic rings. The van der Waals surface area contributed by atoms with Crippen molar-refractivity contribution in [3.63, 3.8) is 0 Å². The standard InChI is InChI=1S/C40H42O3Si4.C19H46O6Si3/c1-44(2,3)41-45(4,35-23-11-5-12-24-35)42-47(39-31-19-9-20-32-39,40-33-21-10-22-34-40)43-46(36-25-13-6-14-26-36,37-27-15-7-16-28-37)38-29-17-8-18-30-38;1-6-10-14-20-18(5,21-15-11-7-2)19(22-16-12-8-3,23-17-13-9-4)27-25-28-24-26/h5-34H,1-4H3;6-17,27-28H2,1-5,26H3. The number of unbranched alkanes of at least 4 members (excludes halogenated alkanes) is 4. The molecule has 1 unspecified atom stereocenters. The monoisotopic (exact) mass is 1140 g/mol. The van der Waals surface area contributed by atoms with Crippen molar-refractivity contribution in [1.29, 1.82) is 0 Å². The van der Waals surface area contributed by atoms with E-state index < -0.39 is 64.7 Å². The number of hydrogen-bond acceptors (Lipinski definition) is 9. The molecule has 6 aromatic rings. The molecule has 75 heavy (non-hydrogen) atoms. The van der Waals surface area contributed by atoms with E-state index in [9.17, 15) is 0 Å². The second kappa shape index (κ2) is 31.8. The van der Waals surface area contributed by atoms with Gasteiger partial charge in [-0.2, -0.15) is 0 Å². The first kappa shape index (κ1) is 62.3. The lowest BCUT2D eigenvalue weighted by Crippen LogP contribution is -2.80. The fourth-order valence-corrected chi connectivity index (χ4v) is 32.8. The van der Waals surface area contributed by atoms with Gasteiger partial charge in [0.1, 0.15) is 10.5 Å². The van der Waals surface area contributed by atoms with Gasteiger partial charge in [0.15, 0.2) is 8.32 Å². The molecule has 406 valence electrons. The van der Waals surface area contributed by atoms with Crippen LogP contribution in [0.1, 0.15) is 86.0 Å². The minimum absolute atomic E-state index is 0.617. The van der Waals surface area contributed by atoms with Crippen molar-refractivity contribution >= 4 is 95.1 Å². The highest BCUT2D eigenvalue weighted by Gasteiger charge is 2.58. The molecule has 0 bridgehead atoms. The van der Waals surface area contributed by atoms with Crippen molar-refractivity contribution in [2.75, 3.05) is 26.4 Å². The van der Waals surface area contributed by atoms with Gasteiger partial charge in [-0.25, -0.2) is 0 Å². The van der Waals surface area contributed by atoms with E-state index in [1.807, 2.05) is 6.92 Å². The maximum Gasteiger partial charge on any atom is 0.388 e. The maximum absolute atomic E-state index is 8.31. The predicted octanol–water partition coefficient (Wildman–Crippen LogP) is 7.79. The Morgan fingerprint density at radius 1 is 0.413 bits per heavy atom. The summed E-state index contributed by atoms with van der Waals surface area (Å²) in [4.78, 5) is 0. The third kappa shape index (κ3) is 17.5. The van der Waals surface area contributed by atoms with Gasteiger partial charge in [0, 0.05) is 13.2 Å². The molecule has 0 aliphatic carbocycles. The average molecular weight is 1140 g/mol. The van der Waals surface area contributed by atoms with Crippen LogP contribution in [0.4, 0.5) is 0 Å². The van der Waals surface area contributed by atoms with E-state index in [4.69, 9.17) is 39.5 Å². The Hall–Kier alpha value is -3.52. The summed E-state index contributed by atoms with van der Waals surface area (Å²) < 4.78 is 60.6. The molecule has 0 aliphatic heterocycles. The molecule has 6 aromatic carbocycles. The molecule has 0 spiro atoms. The lowest BCUT2D eigenvalue weighted by atomic mass is 10.2. The summed E-state index contributed by atoms with van der Waals surface area (Å²) >= 11 is 0. The molecule has 0 aromatic heterocycles. The Labute approximate surface area is 463 Å². The molecule has 1 atom stereocenters. The van der Waals surface area contributed by atoms with Crippen molar-refractivity contribution in [1.82, 2.24) is 0 Å². The van der Waals surface area contributed by atoms with Gasteiger partial charge in [0.05, 0.1) is 13.2 Å². The maximum atomic E-state index is 8.31. The lowest BCUT2D eigenvalue weighted by molar-refractivity contribution is -0.372. The topological polar surface area (TPSA) is 83.1 Å². The smallest absolute Gasteiger partial charge is 0.388 e. The van der Waals surface area contributed by atoms with E-state index >= 15 is 0 Å². The van der Waals surface area contributed by atoms with E-state index in [0.29, 0.717) is 36.9 Å². The van der Waals surface area contributed by atoms with Crippen molar-refractivity contribution in [3.05, 3.63) is 182 Å². The SMILES string of the molecule is CCCCOC(C)(OCCCC)C(OCCCC)(OCCCC)[SiH2]O[SiH2]O[SiH3].C[Si](C)(C)O[Si](C)(O[Si](O[Si](c1ccccc1)(c1ccccc1)c1ccccc1)(c1ccccc1)c1ccccc1)c1ccccc1. The Balaban J connectivity index is 0.000000320. The Morgan fingerprint density at radius 3 is 1.05 bits per heavy atom. The summed E-state index contributed by atoms with van der Waals surface area (Å²) in [7, 11) is -13.7.